The Morgan fingerprint density at radius 1 is 1.42 bits per heavy atom. The molecule has 0 spiro atoms. The number of hydrogen-bond donors (Lipinski definition) is 2. The van der Waals surface area contributed by atoms with Gasteiger partial charge in [0, 0.05) is 6.04 Å². The zero-order chi connectivity index (χ0) is 9.78. The summed E-state index contributed by atoms with van der Waals surface area (Å²) in [7, 11) is 0. The monoisotopic (exact) mass is 185 g/mol. The standard InChI is InChI=1S/C4H9N.C2HF3O2/c5-4-2-1-3-4;3-2(4,5)1(6)7/h4H,1-3,5H2;(H,6,7). The van der Waals surface area contributed by atoms with Crippen molar-refractivity contribution in [1.82, 2.24) is 0 Å². The van der Waals surface area contributed by atoms with Gasteiger partial charge in [-0.25, -0.2) is 4.79 Å². The first-order valence-electron chi connectivity index (χ1n) is 3.39. The van der Waals surface area contributed by atoms with Gasteiger partial charge in [0.15, 0.2) is 0 Å². The van der Waals surface area contributed by atoms with Crippen LogP contribution in [0.5, 0.6) is 0 Å². The summed E-state index contributed by atoms with van der Waals surface area (Å²) in [6, 6.07) is 0.565. The molecule has 6 heteroatoms. The fraction of sp³-hybridized carbons (Fsp3) is 0.833. The highest BCUT2D eigenvalue weighted by atomic mass is 19.4. The summed E-state index contributed by atoms with van der Waals surface area (Å²) >= 11 is 0. The van der Waals surface area contributed by atoms with Gasteiger partial charge < -0.3 is 10.8 Å². The van der Waals surface area contributed by atoms with Crippen LogP contribution >= 0.6 is 0 Å². The van der Waals surface area contributed by atoms with E-state index in [1.165, 1.54) is 19.3 Å². The molecular weight excluding hydrogens is 175 g/mol. The second-order valence-electron chi connectivity index (χ2n) is 2.49. The van der Waals surface area contributed by atoms with Gasteiger partial charge in [0.1, 0.15) is 0 Å². The van der Waals surface area contributed by atoms with Gasteiger partial charge in [0.05, 0.1) is 0 Å². The second kappa shape index (κ2) is 4.30. The Balaban J connectivity index is 0.000000211. The summed E-state index contributed by atoms with van der Waals surface area (Å²) in [5.74, 6) is -2.76. The molecule has 0 atom stereocenters. The van der Waals surface area contributed by atoms with Crippen LogP contribution in [0.4, 0.5) is 13.2 Å². The van der Waals surface area contributed by atoms with Crippen LogP contribution < -0.4 is 5.73 Å². The molecular formula is C6H10F3NO2. The molecule has 0 heterocycles. The molecule has 1 fully saturated rings. The van der Waals surface area contributed by atoms with Gasteiger partial charge in [0.2, 0.25) is 0 Å². The highest BCUT2D eigenvalue weighted by Gasteiger charge is 2.38. The molecule has 0 amide bonds. The number of carbonyl (C=O) groups is 1. The third-order valence-electron chi connectivity index (χ3n) is 1.39. The average molecular weight is 185 g/mol. The smallest absolute Gasteiger partial charge is 0.475 e. The van der Waals surface area contributed by atoms with Crippen LogP contribution in [0.2, 0.25) is 0 Å². The number of aliphatic carboxylic acids is 1. The van der Waals surface area contributed by atoms with Gasteiger partial charge >= 0.3 is 12.1 Å². The molecule has 12 heavy (non-hydrogen) atoms. The van der Waals surface area contributed by atoms with Crippen LogP contribution in [0.15, 0.2) is 0 Å². The number of carboxylic acid groups (broad SMARTS) is 1. The van der Waals surface area contributed by atoms with Crippen LogP contribution in [-0.4, -0.2) is 23.3 Å². The minimum absolute atomic E-state index is 0.565. The number of alkyl halides is 3. The van der Waals surface area contributed by atoms with Gasteiger partial charge in [-0.3, -0.25) is 0 Å². The molecule has 0 radical (unpaired) electrons. The van der Waals surface area contributed by atoms with Crippen molar-refractivity contribution in [2.75, 3.05) is 0 Å². The Morgan fingerprint density at radius 2 is 1.67 bits per heavy atom. The SMILES string of the molecule is NC1CCC1.O=C(O)C(F)(F)F. The molecule has 1 saturated carbocycles. The maximum absolute atomic E-state index is 10.6. The minimum Gasteiger partial charge on any atom is -0.475 e. The van der Waals surface area contributed by atoms with E-state index >= 15 is 0 Å². The van der Waals surface area contributed by atoms with Gasteiger partial charge in [-0.1, -0.05) is 6.42 Å². The van der Waals surface area contributed by atoms with E-state index in [9.17, 15) is 13.2 Å². The van der Waals surface area contributed by atoms with Crippen molar-refractivity contribution in [2.45, 2.75) is 31.5 Å². The van der Waals surface area contributed by atoms with E-state index in [0.29, 0.717) is 6.04 Å². The average Bonchev–Trinajstić information content (AvgIpc) is 1.83. The van der Waals surface area contributed by atoms with Crippen LogP contribution in [0, 0.1) is 0 Å². The first-order chi connectivity index (χ1) is 5.34. The molecule has 0 aromatic heterocycles. The Morgan fingerprint density at radius 3 is 1.67 bits per heavy atom. The number of carboxylic acids is 1. The van der Waals surface area contributed by atoms with Crippen LogP contribution in [0.1, 0.15) is 19.3 Å². The zero-order valence-corrected chi connectivity index (χ0v) is 6.27. The van der Waals surface area contributed by atoms with Crippen LogP contribution in [0.3, 0.4) is 0 Å². The fourth-order valence-electron chi connectivity index (χ4n) is 0.440. The van der Waals surface area contributed by atoms with Gasteiger partial charge in [0.25, 0.3) is 0 Å². The molecule has 1 aliphatic rings. The van der Waals surface area contributed by atoms with Crippen LogP contribution in [0.25, 0.3) is 0 Å². The predicted molar refractivity (Wildman–Crippen MR) is 35.5 cm³/mol. The lowest BCUT2D eigenvalue weighted by atomic mass is 9.95. The summed E-state index contributed by atoms with van der Waals surface area (Å²) in [6.45, 7) is 0. The van der Waals surface area contributed by atoms with E-state index in [2.05, 4.69) is 0 Å². The molecule has 1 aliphatic carbocycles. The van der Waals surface area contributed by atoms with E-state index in [1.807, 2.05) is 0 Å². The normalized spacial score (nSPS) is 17.3. The maximum atomic E-state index is 10.6. The highest BCUT2D eigenvalue weighted by molar-refractivity contribution is 5.73. The molecule has 0 aliphatic heterocycles. The molecule has 3 N–H and O–H groups in total. The maximum Gasteiger partial charge on any atom is 0.490 e. The first kappa shape index (κ1) is 11.2. The van der Waals surface area contributed by atoms with E-state index in [-0.39, 0.29) is 0 Å². The number of nitrogens with two attached hydrogens (primary N) is 1. The van der Waals surface area contributed by atoms with Gasteiger partial charge in [-0.05, 0) is 12.8 Å². The molecule has 0 saturated heterocycles. The predicted octanol–water partition coefficient (Wildman–Crippen LogP) is 1.13. The topological polar surface area (TPSA) is 63.3 Å². The highest BCUT2D eigenvalue weighted by Crippen LogP contribution is 2.14. The van der Waals surface area contributed by atoms with Crippen molar-refractivity contribution in [3.63, 3.8) is 0 Å². The lowest BCUT2D eigenvalue weighted by Crippen LogP contribution is -2.27. The van der Waals surface area contributed by atoms with E-state index in [0.717, 1.165) is 0 Å². The first-order valence-corrected chi connectivity index (χ1v) is 3.39. The quantitative estimate of drug-likeness (QED) is 0.594. The Bertz CT molecular complexity index is 153. The van der Waals surface area contributed by atoms with E-state index < -0.39 is 12.1 Å². The third-order valence-corrected chi connectivity index (χ3v) is 1.39. The van der Waals surface area contributed by atoms with Crippen molar-refractivity contribution in [1.29, 1.82) is 0 Å². The molecule has 0 aromatic rings. The number of rotatable bonds is 0. The number of hydrogen-bond acceptors (Lipinski definition) is 2. The Labute approximate surface area is 67.4 Å². The van der Waals surface area contributed by atoms with Crippen LogP contribution in [-0.2, 0) is 4.79 Å². The molecule has 0 aromatic carbocycles. The summed E-state index contributed by atoms with van der Waals surface area (Å²) < 4.78 is 31.7. The van der Waals surface area contributed by atoms with E-state index in [4.69, 9.17) is 15.6 Å². The van der Waals surface area contributed by atoms with Crippen molar-refractivity contribution in [3.05, 3.63) is 0 Å². The van der Waals surface area contributed by atoms with Crippen molar-refractivity contribution in [2.24, 2.45) is 5.73 Å². The second-order valence-corrected chi connectivity index (χ2v) is 2.49. The minimum atomic E-state index is -5.08. The molecule has 1 rings (SSSR count). The largest absolute Gasteiger partial charge is 0.490 e. The molecule has 3 nitrogen and oxygen atoms in total. The summed E-state index contributed by atoms with van der Waals surface area (Å²) in [5, 5.41) is 7.12. The Hall–Kier alpha value is -0.780. The van der Waals surface area contributed by atoms with Crippen molar-refractivity contribution < 1.29 is 23.1 Å². The molecule has 0 bridgehead atoms. The molecule has 0 unspecified atom stereocenters. The third kappa shape index (κ3) is 4.95. The lowest BCUT2D eigenvalue weighted by molar-refractivity contribution is -0.192. The molecule has 72 valence electrons. The van der Waals surface area contributed by atoms with Crippen molar-refractivity contribution >= 4 is 5.97 Å². The van der Waals surface area contributed by atoms with Crippen molar-refractivity contribution in [3.8, 4) is 0 Å². The lowest BCUT2D eigenvalue weighted by Gasteiger charge is -2.18. The number of halogens is 3. The van der Waals surface area contributed by atoms with Gasteiger partial charge in [-0.2, -0.15) is 13.2 Å². The fourth-order valence-corrected chi connectivity index (χ4v) is 0.440. The zero-order valence-electron chi connectivity index (χ0n) is 6.27. The van der Waals surface area contributed by atoms with E-state index in [1.54, 1.807) is 0 Å². The Kier molecular flexibility index (Phi) is 4.02. The summed E-state index contributed by atoms with van der Waals surface area (Å²) in [6.07, 6.45) is -1.19. The summed E-state index contributed by atoms with van der Waals surface area (Å²) in [5.41, 5.74) is 5.38. The van der Waals surface area contributed by atoms with Gasteiger partial charge in [-0.15, -0.1) is 0 Å². The summed E-state index contributed by atoms with van der Waals surface area (Å²) in [4.78, 5) is 8.90.